The van der Waals surface area contributed by atoms with Crippen LogP contribution in [0.25, 0.3) is 0 Å². The lowest BCUT2D eigenvalue weighted by Crippen LogP contribution is -2.39. The minimum Gasteiger partial charge on any atom is -0.479 e. The maximum absolute atomic E-state index is 9.77. The molecule has 3 rings (SSSR count). The molecule has 10 heteroatoms. The summed E-state index contributed by atoms with van der Waals surface area (Å²) >= 11 is 1.81. The first kappa shape index (κ1) is 25.2. The summed E-state index contributed by atoms with van der Waals surface area (Å²) in [6.07, 6.45) is -2.68. The van der Waals surface area contributed by atoms with Gasteiger partial charge >= 0.3 is 11.9 Å². The van der Waals surface area contributed by atoms with Gasteiger partial charge in [-0.25, -0.2) is 9.59 Å². The van der Waals surface area contributed by atoms with Crippen molar-refractivity contribution in [3.8, 4) is 0 Å². The molecule has 0 aliphatic heterocycles. The number of hydrogen-bond donors (Lipinski definition) is 4. The lowest BCUT2D eigenvalue weighted by molar-refractivity contribution is -0.165. The molecule has 9 nitrogen and oxygen atoms in total. The summed E-state index contributed by atoms with van der Waals surface area (Å²) in [5.41, 5.74) is 2.44. The van der Waals surface area contributed by atoms with E-state index < -0.39 is 24.1 Å². The minimum absolute atomic E-state index is 0.793. The number of carbonyl (C=O) groups is 2. The monoisotopic (exact) mass is 462 g/mol. The van der Waals surface area contributed by atoms with E-state index in [4.69, 9.17) is 24.8 Å². The molecule has 0 aliphatic carbocycles. The highest BCUT2D eigenvalue weighted by atomic mass is 32.1. The van der Waals surface area contributed by atoms with Gasteiger partial charge in [-0.05, 0) is 55.1 Å². The van der Waals surface area contributed by atoms with E-state index in [1.807, 2.05) is 42.7 Å². The van der Waals surface area contributed by atoms with Crippen LogP contribution in [0.2, 0.25) is 0 Å². The number of hydrogen-bond acceptors (Lipinski definition) is 8. The van der Waals surface area contributed by atoms with E-state index in [-0.39, 0.29) is 0 Å². The largest absolute Gasteiger partial charge is 0.479 e. The van der Waals surface area contributed by atoms with Gasteiger partial charge in [0.2, 0.25) is 0 Å². The number of aromatic nitrogens is 1. The maximum Gasteiger partial charge on any atom is 0.335 e. The summed E-state index contributed by atoms with van der Waals surface area (Å²) in [6.45, 7) is 6.68. The van der Waals surface area contributed by atoms with Crippen molar-refractivity contribution in [3.05, 3.63) is 75.6 Å². The van der Waals surface area contributed by atoms with Crippen molar-refractivity contribution < 1.29 is 34.4 Å². The summed E-state index contributed by atoms with van der Waals surface area (Å²) in [5.74, 6) is -1.58. The zero-order valence-electron chi connectivity index (χ0n) is 17.7. The Hall–Kier alpha value is -3.05. The highest BCUT2D eigenvalue weighted by Crippen LogP contribution is 2.21. The Morgan fingerprint density at radius 2 is 1.69 bits per heavy atom. The third kappa shape index (κ3) is 7.89. The molecule has 0 radical (unpaired) electrons. The third-order valence-electron chi connectivity index (χ3n) is 4.43. The molecule has 3 aromatic heterocycles. The molecule has 3 heterocycles. The number of carboxylic acids is 2. The van der Waals surface area contributed by atoms with Crippen LogP contribution in [-0.4, -0.2) is 54.5 Å². The fraction of sp³-hybridized carbons (Fsp3) is 0.318. The fourth-order valence-corrected chi connectivity index (χ4v) is 3.67. The summed E-state index contributed by atoms with van der Waals surface area (Å²) in [5, 5.41) is 34.7. The van der Waals surface area contributed by atoms with Gasteiger partial charge in [0, 0.05) is 24.2 Å². The highest BCUT2D eigenvalue weighted by molar-refractivity contribution is 7.10. The molecule has 0 amide bonds. The second kappa shape index (κ2) is 12.1. The van der Waals surface area contributed by atoms with E-state index in [0.29, 0.717) is 0 Å². The zero-order chi connectivity index (χ0) is 23.7. The van der Waals surface area contributed by atoms with E-state index >= 15 is 0 Å². The quantitative estimate of drug-likeness (QED) is 0.377. The Morgan fingerprint density at radius 1 is 1.00 bits per heavy atom. The number of carboxylic acid groups (broad SMARTS) is 2. The third-order valence-corrected chi connectivity index (χ3v) is 5.44. The number of rotatable bonds is 9. The molecule has 0 saturated heterocycles. The van der Waals surface area contributed by atoms with Gasteiger partial charge in [0.15, 0.2) is 12.2 Å². The number of thiophene rings is 1. The van der Waals surface area contributed by atoms with Crippen molar-refractivity contribution in [2.45, 2.75) is 45.7 Å². The Balaban J connectivity index is 0.000000309. The Bertz CT molecular complexity index is 985. The number of pyridine rings is 1. The molecule has 32 heavy (non-hydrogen) atoms. The van der Waals surface area contributed by atoms with E-state index in [1.165, 1.54) is 10.4 Å². The van der Waals surface area contributed by atoms with Gasteiger partial charge in [-0.15, -0.1) is 11.3 Å². The number of aryl methyl sites for hydroxylation is 2. The first-order chi connectivity index (χ1) is 15.2. The van der Waals surface area contributed by atoms with Crippen molar-refractivity contribution in [3.63, 3.8) is 0 Å². The van der Waals surface area contributed by atoms with Crippen LogP contribution >= 0.6 is 11.3 Å². The van der Waals surface area contributed by atoms with E-state index in [0.717, 1.165) is 36.8 Å². The van der Waals surface area contributed by atoms with Gasteiger partial charge in [0.1, 0.15) is 11.5 Å². The molecular formula is C22H26N2O7S. The summed E-state index contributed by atoms with van der Waals surface area (Å²) in [7, 11) is 0. The summed E-state index contributed by atoms with van der Waals surface area (Å²) in [4.78, 5) is 27.8. The average Bonchev–Trinajstić information content (AvgIpc) is 3.35. The standard InChI is InChI=1S/C18H20N2OS.C4H6O6/c1-14-8-10-22-18(14)13-20(11-16-5-3-4-9-19-16)12-17-7-6-15(2)21-17;5-1(3(7)8)2(6)4(9)10/h3-10H,11-13H2,1-2H3;1-2,5-6H,(H,7,8)(H,9,10). The average molecular weight is 463 g/mol. The lowest BCUT2D eigenvalue weighted by Gasteiger charge is -2.20. The first-order valence-electron chi connectivity index (χ1n) is 9.69. The molecule has 0 aromatic carbocycles. The van der Waals surface area contributed by atoms with Crippen LogP contribution in [0, 0.1) is 13.8 Å². The predicted molar refractivity (Wildman–Crippen MR) is 117 cm³/mol. The molecular weight excluding hydrogens is 436 g/mol. The van der Waals surface area contributed by atoms with Crippen LogP contribution in [0.4, 0.5) is 0 Å². The smallest absolute Gasteiger partial charge is 0.335 e. The molecule has 4 N–H and O–H groups in total. The van der Waals surface area contributed by atoms with E-state index in [9.17, 15) is 9.59 Å². The second-order valence-corrected chi connectivity index (χ2v) is 8.07. The van der Waals surface area contributed by atoms with E-state index in [2.05, 4.69) is 40.4 Å². The lowest BCUT2D eigenvalue weighted by atomic mass is 10.2. The topological polar surface area (TPSA) is 144 Å². The van der Waals surface area contributed by atoms with Crippen molar-refractivity contribution in [1.82, 2.24) is 9.88 Å². The molecule has 0 saturated carbocycles. The molecule has 0 bridgehead atoms. The molecule has 2 unspecified atom stereocenters. The molecule has 0 aliphatic rings. The number of nitrogens with zero attached hydrogens (tertiary/aromatic N) is 2. The zero-order valence-corrected chi connectivity index (χ0v) is 18.5. The van der Waals surface area contributed by atoms with Crippen LogP contribution < -0.4 is 0 Å². The first-order valence-corrected chi connectivity index (χ1v) is 10.6. The number of aliphatic hydroxyl groups excluding tert-OH is 2. The maximum atomic E-state index is 9.77. The van der Waals surface area contributed by atoms with Crippen LogP contribution in [0.5, 0.6) is 0 Å². The van der Waals surface area contributed by atoms with Gasteiger partial charge < -0.3 is 24.8 Å². The number of aliphatic hydroxyl groups is 2. The van der Waals surface area contributed by atoms with Crippen molar-refractivity contribution >= 4 is 23.3 Å². The van der Waals surface area contributed by atoms with Crippen molar-refractivity contribution in [1.29, 1.82) is 0 Å². The molecule has 2 atom stereocenters. The van der Waals surface area contributed by atoms with Gasteiger partial charge in [0.05, 0.1) is 12.2 Å². The van der Waals surface area contributed by atoms with Crippen LogP contribution in [0.15, 0.2) is 52.4 Å². The molecule has 0 fully saturated rings. The Kier molecular flexibility index (Phi) is 9.54. The predicted octanol–water partition coefficient (Wildman–Crippen LogP) is 2.43. The molecule has 0 spiro atoms. The van der Waals surface area contributed by atoms with Crippen LogP contribution in [-0.2, 0) is 29.2 Å². The van der Waals surface area contributed by atoms with Crippen LogP contribution in [0.3, 0.4) is 0 Å². The molecule has 3 aromatic rings. The van der Waals surface area contributed by atoms with Crippen molar-refractivity contribution in [2.75, 3.05) is 0 Å². The van der Waals surface area contributed by atoms with E-state index in [1.54, 1.807) is 0 Å². The second-order valence-electron chi connectivity index (χ2n) is 7.07. The minimum atomic E-state index is -2.27. The molecule has 172 valence electrons. The summed E-state index contributed by atoms with van der Waals surface area (Å²) < 4.78 is 5.74. The summed E-state index contributed by atoms with van der Waals surface area (Å²) in [6, 6.07) is 12.3. The van der Waals surface area contributed by atoms with Crippen LogP contribution in [0.1, 0.15) is 27.7 Å². The number of aliphatic carboxylic acids is 2. The van der Waals surface area contributed by atoms with Crippen molar-refractivity contribution in [2.24, 2.45) is 0 Å². The SMILES string of the molecule is Cc1ccc(CN(Cc2ccccn2)Cc2sccc2C)o1.O=C(O)C(O)C(O)C(=O)O. The Labute approximate surface area is 189 Å². The normalized spacial score (nSPS) is 12.7. The van der Waals surface area contributed by atoms with Gasteiger partial charge in [-0.3, -0.25) is 9.88 Å². The fourth-order valence-electron chi connectivity index (χ4n) is 2.72. The van der Waals surface area contributed by atoms with Gasteiger partial charge in [-0.1, -0.05) is 6.07 Å². The Morgan fingerprint density at radius 3 is 2.16 bits per heavy atom. The highest BCUT2D eigenvalue weighted by Gasteiger charge is 2.29. The number of furan rings is 1. The van der Waals surface area contributed by atoms with Gasteiger partial charge in [-0.2, -0.15) is 0 Å². The van der Waals surface area contributed by atoms with Gasteiger partial charge in [0.25, 0.3) is 0 Å².